The summed E-state index contributed by atoms with van der Waals surface area (Å²) in [5.74, 6) is -0.434. The topological polar surface area (TPSA) is 67.2 Å². The molecule has 1 N–H and O–H groups in total. The average molecular weight is 485 g/mol. The minimum absolute atomic E-state index is 0.212. The quantitative estimate of drug-likeness (QED) is 0.408. The number of hydrogen-bond acceptors (Lipinski definition) is 4. The van der Waals surface area contributed by atoms with E-state index in [2.05, 4.69) is 12.2 Å². The highest BCUT2D eigenvalue weighted by molar-refractivity contribution is 7.13. The number of nitrogens with zero attached hydrogens (tertiary/aromatic N) is 3. The molecule has 1 aliphatic rings. The van der Waals surface area contributed by atoms with Gasteiger partial charge in [0.2, 0.25) is 5.91 Å². The van der Waals surface area contributed by atoms with Gasteiger partial charge in [0.15, 0.2) is 0 Å². The zero-order chi connectivity index (χ0) is 24.6. The van der Waals surface area contributed by atoms with Crippen molar-refractivity contribution in [3.8, 4) is 10.6 Å². The number of aromatic nitrogens is 2. The van der Waals surface area contributed by atoms with Crippen molar-refractivity contribution in [2.24, 2.45) is 0 Å². The fourth-order valence-corrected chi connectivity index (χ4v) is 5.29. The van der Waals surface area contributed by atoms with E-state index in [9.17, 15) is 9.59 Å². The van der Waals surface area contributed by atoms with E-state index in [1.807, 2.05) is 86.0 Å². The summed E-state index contributed by atoms with van der Waals surface area (Å²) in [6, 6.07) is 21.7. The number of rotatable bonds is 6. The van der Waals surface area contributed by atoms with E-state index in [0.717, 1.165) is 33.8 Å². The number of nitrogens with one attached hydrogen (secondary N) is 1. The molecule has 2 aromatic heterocycles. The molecule has 0 fully saturated rings. The highest BCUT2D eigenvalue weighted by Gasteiger charge is 2.49. The predicted octanol–water partition coefficient (Wildman–Crippen LogP) is 5.22. The second kappa shape index (κ2) is 9.15. The van der Waals surface area contributed by atoms with Crippen LogP contribution in [0, 0.1) is 6.92 Å². The zero-order valence-corrected chi connectivity index (χ0v) is 20.9. The Balaban J connectivity index is 1.55. The van der Waals surface area contributed by atoms with Gasteiger partial charge in [-0.3, -0.25) is 19.2 Å². The molecular formula is C28H28N4O2S. The largest absolute Gasteiger partial charge is 0.350 e. The third-order valence-electron chi connectivity index (χ3n) is 6.60. The van der Waals surface area contributed by atoms with Crippen molar-refractivity contribution < 1.29 is 9.59 Å². The number of fused-ring (bicyclic) bond motifs is 1. The molecule has 178 valence electrons. The second-order valence-electron chi connectivity index (χ2n) is 9.11. The second-order valence-corrected chi connectivity index (χ2v) is 10.1. The number of carbonyl (C=O) groups excluding carboxylic acids is 2. The van der Waals surface area contributed by atoms with Crippen molar-refractivity contribution in [1.82, 2.24) is 15.1 Å². The summed E-state index contributed by atoms with van der Waals surface area (Å²) in [7, 11) is 0. The minimum Gasteiger partial charge on any atom is -0.350 e. The molecule has 0 bridgehead atoms. The SMILES string of the molecule is CCc1ccccc1N1C(=O)c2cc(-c3cccs3)nn2CC1(C)C(=O)NCc1ccc(C)cc1. The molecule has 0 spiro atoms. The molecule has 2 aromatic carbocycles. The number of hydrogen-bond donors (Lipinski definition) is 1. The first kappa shape index (κ1) is 23.1. The monoisotopic (exact) mass is 484 g/mol. The maximum absolute atomic E-state index is 14.0. The Morgan fingerprint density at radius 2 is 1.89 bits per heavy atom. The van der Waals surface area contributed by atoms with Gasteiger partial charge in [0.1, 0.15) is 16.9 Å². The van der Waals surface area contributed by atoms with Crippen molar-refractivity contribution in [1.29, 1.82) is 0 Å². The first-order chi connectivity index (χ1) is 16.9. The van der Waals surface area contributed by atoms with E-state index in [0.29, 0.717) is 12.2 Å². The lowest BCUT2D eigenvalue weighted by atomic mass is 9.92. The summed E-state index contributed by atoms with van der Waals surface area (Å²) in [5.41, 5.74) is 4.04. The molecule has 1 atom stereocenters. The fourth-order valence-electron chi connectivity index (χ4n) is 4.61. The average Bonchev–Trinajstić information content (AvgIpc) is 3.54. The van der Waals surface area contributed by atoms with Crippen LogP contribution in [0.15, 0.2) is 72.1 Å². The van der Waals surface area contributed by atoms with Gasteiger partial charge in [0.25, 0.3) is 5.91 Å². The number of carbonyl (C=O) groups is 2. The Labute approximate surface area is 209 Å². The predicted molar refractivity (Wildman–Crippen MR) is 140 cm³/mol. The molecule has 0 saturated carbocycles. The van der Waals surface area contributed by atoms with E-state index in [1.165, 1.54) is 5.56 Å². The van der Waals surface area contributed by atoms with Gasteiger partial charge in [-0.2, -0.15) is 5.10 Å². The summed E-state index contributed by atoms with van der Waals surface area (Å²) in [4.78, 5) is 30.4. The normalized spacial score (nSPS) is 17.3. The lowest BCUT2D eigenvalue weighted by molar-refractivity contribution is -0.126. The summed E-state index contributed by atoms with van der Waals surface area (Å²) in [6.07, 6.45) is 0.751. The lowest BCUT2D eigenvalue weighted by Gasteiger charge is -2.43. The van der Waals surface area contributed by atoms with Gasteiger partial charge in [-0.1, -0.05) is 61.0 Å². The maximum Gasteiger partial charge on any atom is 0.277 e. The zero-order valence-electron chi connectivity index (χ0n) is 20.1. The van der Waals surface area contributed by atoms with E-state index >= 15 is 0 Å². The van der Waals surface area contributed by atoms with Crippen LogP contribution >= 0.6 is 11.3 Å². The highest BCUT2D eigenvalue weighted by Crippen LogP contribution is 2.36. The van der Waals surface area contributed by atoms with E-state index in [1.54, 1.807) is 20.9 Å². The molecule has 2 amide bonds. The summed E-state index contributed by atoms with van der Waals surface area (Å²) in [5, 5.41) is 9.79. The number of benzene rings is 2. The lowest BCUT2D eigenvalue weighted by Crippen LogP contribution is -2.64. The highest BCUT2D eigenvalue weighted by atomic mass is 32.1. The van der Waals surface area contributed by atoms with E-state index < -0.39 is 5.54 Å². The molecule has 5 rings (SSSR count). The molecule has 4 aromatic rings. The minimum atomic E-state index is -1.15. The number of thiophene rings is 1. The number of aryl methyl sites for hydroxylation is 2. The third kappa shape index (κ3) is 4.17. The van der Waals surface area contributed by atoms with Gasteiger partial charge in [0.05, 0.1) is 11.4 Å². The Bertz CT molecular complexity index is 1370. The van der Waals surface area contributed by atoms with Crippen LogP contribution in [-0.4, -0.2) is 27.1 Å². The molecule has 35 heavy (non-hydrogen) atoms. The summed E-state index contributed by atoms with van der Waals surface area (Å²) >= 11 is 1.58. The Morgan fingerprint density at radius 1 is 1.11 bits per heavy atom. The third-order valence-corrected chi connectivity index (χ3v) is 7.50. The van der Waals surface area contributed by atoms with Crippen molar-refractivity contribution in [2.75, 3.05) is 4.90 Å². The molecular weight excluding hydrogens is 456 g/mol. The van der Waals surface area contributed by atoms with Gasteiger partial charge in [-0.05, 0) is 55.0 Å². The maximum atomic E-state index is 14.0. The van der Waals surface area contributed by atoms with Crippen LogP contribution in [-0.2, 0) is 24.3 Å². The van der Waals surface area contributed by atoms with Crippen LogP contribution in [0.5, 0.6) is 0 Å². The number of para-hydroxylation sites is 1. The van der Waals surface area contributed by atoms with Crippen LogP contribution in [0.3, 0.4) is 0 Å². The van der Waals surface area contributed by atoms with Crippen molar-refractivity contribution in [3.05, 3.63) is 94.5 Å². The number of anilines is 1. The molecule has 0 aliphatic carbocycles. The molecule has 1 aliphatic heterocycles. The summed E-state index contributed by atoms with van der Waals surface area (Å²) < 4.78 is 1.69. The van der Waals surface area contributed by atoms with Crippen molar-refractivity contribution in [3.63, 3.8) is 0 Å². The van der Waals surface area contributed by atoms with E-state index in [4.69, 9.17) is 5.10 Å². The van der Waals surface area contributed by atoms with Crippen LogP contribution < -0.4 is 10.2 Å². The van der Waals surface area contributed by atoms with Crippen LogP contribution in [0.1, 0.15) is 41.0 Å². The van der Waals surface area contributed by atoms with Crippen molar-refractivity contribution in [2.45, 2.75) is 45.8 Å². The first-order valence-electron chi connectivity index (χ1n) is 11.8. The smallest absolute Gasteiger partial charge is 0.277 e. The van der Waals surface area contributed by atoms with Crippen molar-refractivity contribution >= 4 is 28.8 Å². The molecule has 0 radical (unpaired) electrons. The molecule has 3 heterocycles. The Kier molecular flexibility index (Phi) is 6.03. The van der Waals surface area contributed by atoms with Gasteiger partial charge in [0, 0.05) is 12.2 Å². The molecule has 6 nitrogen and oxygen atoms in total. The van der Waals surface area contributed by atoms with E-state index in [-0.39, 0.29) is 18.4 Å². The van der Waals surface area contributed by atoms with Gasteiger partial charge >= 0.3 is 0 Å². The van der Waals surface area contributed by atoms with Gasteiger partial charge < -0.3 is 5.32 Å². The molecule has 7 heteroatoms. The van der Waals surface area contributed by atoms with Crippen LogP contribution in [0.2, 0.25) is 0 Å². The Hall–Kier alpha value is -3.71. The molecule has 1 unspecified atom stereocenters. The number of amides is 2. The summed E-state index contributed by atoms with van der Waals surface area (Å²) in [6.45, 7) is 6.57. The standard InChI is InChI=1S/C28H28N4O2S/c1-4-21-8-5-6-9-23(21)32-26(33)24-16-22(25-10-7-15-35-25)30-31(24)18-28(32,3)27(34)29-17-20-13-11-19(2)12-14-20/h5-16H,4,17-18H2,1-3H3,(H,29,34). The first-order valence-corrected chi connectivity index (χ1v) is 12.7. The van der Waals surface area contributed by atoms with Gasteiger partial charge in [-0.25, -0.2) is 0 Å². The fraction of sp³-hybridized carbons (Fsp3) is 0.250. The van der Waals surface area contributed by atoms with Crippen LogP contribution in [0.4, 0.5) is 5.69 Å². The van der Waals surface area contributed by atoms with Gasteiger partial charge in [-0.15, -0.1) is 11.3 Å². The van der Waals surface area contributed by atoms with Crippen LogP contribution in [0.25, 0.3) is 10.6 Å². The Morgan fingerprint density at radius 3 is 2.60 bits per heavy atom. The molecule has 0 saturated heterocycles.